The molecule has 7 nitrogen and oxygen atoms in total. The van der Waals surface area contributed by atoms with Crippen molar-refractivity contribution in [3.05, 3.63) is 0 Å². The third-order valence-corrected chi connectivity index (χ3v) is 2.55. The van der Waals surface area contributed by atoms with E-state index in [0.717, 1.165) is 0 Å². The van der Waals surface area contributed by atoms with Gasteiger partial charge in [-0.25, -0.2) is 0 Å². The Morgan fingerprint density at radius 2 is 0.905 bits per heavy atom. The van der Waals surface area contributed by atoms with E-state index in [1.54, 1.807) is 21.3 Å². The largest absolute Gasteiger partial charge is 0.382 e. The van der Waals surface area contributed by atoms with Crippen LogP contribution in [-0.2, 0) is 33.2 Å². The third kappa shape index (κ3) is 15.9. The van der Waals surface area contributed by atoms with E-state index >= 15 is 0 Å². The van der Waals surface area contributed by atoms with Crippen LogP contribution in [0.25, 0.3) is 0 Å². The molecular weight excluding hydrogens is 280 g/mol. The molecule has 0 bridgehead atoms. The molecule has 128 valence electrons. The SMILES string of the molecule is COCCOCCOCC(COCCOCCOC)OC. The second-order valence-electron chi connectivity index (χ2n) is 4.22. The molecule has 0 radical (unpaired) electrons. The van der Waals surface area contributed by atoms with Gasteiger partial charge in [0, 0.05) is 21.3 Å². The molecular formula is C14H30O7. The van der Waals surface area contributed by atoms with Crippen LogP contribution in [0, 0.1) is 0 Å². The molecule has 0 saturated carbocycles. The van der Waals surface area contributed by atoms with Crippen LogP contribution in [0.1, 0.15) is 0 Å². The molecule has 0 aromatic rings. The Hall–Kier alpha value is -0.280. The lowest BCUT2D eigenvalue weighted by Crippen LogP contribution is -2.26. The lowest BCUT2D eigenvalue weighted by molar-refractivity contribution is -0.0603. The van der Waals surface area contributed by atoms with Crippen molar-refractivity contribution in [1.82, 2.24) is 0 Å². The van der Waals surface area contributed by atoms with Gasteiger partial charge in [0.15, 0.2) is 0 Å². The Bertz CT molecular complexity index is 174. The topological polar surface area (TPSA) is 64.6 Å². The number of rotatable bonds is 17. The van der Waals surface area contributed by atoms with Gasteiger partial charge in [-0.3, -0.25) is 0 Å². The predicted molar refractivity (Wildman–Crippen MR) is 77.8 cm³/mol. The Morgan fingerprint density at radius 1 is 0.524 bits per heavy atom. The molecule has 0 atom stereocenters. The standard InChI is InChI=1S/C14H30O7/c1-15-4-6-18-8-10-20-12-14(17-3)13-21-11-9-19-7-5-16-2/h14H,4-13H2,1-3H3. The fourth-order valence-electron chi connectivity index (χ4n) is 1.34. The average Bonchev–Trinajstić information content (AvgIpc) is 2.51. The molecule has 0 aliphatic rings. The first-order valence-electron chi connectivity index (χ1n) is 7.16. The van der Waals surface area contributed by atoms with Crippen LogP contribution in [-0.4, -0.2) is 93.5 Å². The summed E-state index contributed by atoms with van der Waals surface area (Å²) in [6, 6.07) is 0. The number of methoxy groups -OCH3 is 3. The lowest BCUT2D eigenvalue weighted by atomic mass is 10.4. The summed E-state index contributed by atoms with van der Waals surface area (Å²) in [7, 11) is 4.93. The third-order valence-electron chi connectivity index (χ3n) is 2.55. The van der Waals surface area contributed by atoms with Gasteiger partial charge in [-0.15, -0.1) is 0 Å². The van der Waals surface area contributed by atoms with Crippen molar-refractivity contribution >= 4 is 0 Å². The molecule has 0 spiro atoms. The van der Waals surface area contributed by atoms with E-state index in [-0.39, 0.29) is 6.10 Å². The first-order valence-corrected chi connectivity index (χ1v) is 7.16. The molecule has 21 heavy (non-hydrogen) atoms. The first kappa shape index (κ1) is 20.7. The van der Waals surface area contributed by atoms with Crippen LogP contribution >= 0.6 is 0 Å². The van der Waals surface area contributed by atoms with Gasteiger partial charge in [-0.1, -0.05) is 0 Å². The normalized spacial score (nSPS) is 11.4. The summed E-state index contributed by atoms with van der Waals surface area (Å²) in [6.07, 6.45) is -0.0806. The van der Waals surface area contributed by atoms with Gasteiger partial charge < -0.3 is 33.2 Å². The highest BCUT2D eigenvalue weighted by Gasteiger charge is 2.07. The molecule has 7 heteroatoms. The van der Waals surface area contributed by atoms with Gasteiger partial charge in [0.05, 0.1) is 66.1 Å². The molecule has 0 fully saturated rings. The van der Waals surface area contributed by atoms with Crippen molar-refractivity contribution in [2.24, 2.45) is 0 Å². The average molecular weight is 310 g/mol. The van der Waals surface area contributed by atoms with Crippen molar-refractivity contribution < 1.29 is 33.2 Å². The monoisotopic (exact) mass is 310 g/mol. The fraction of sp³-hybridized carbons (Fsp3) is 1.00. The van der Waals surface area contributed by atoms with Crippen LogP contribution in [0.15, 0.2) is 0 Å². The highest BCUT2D eigenvalue weighted by atomic mass is 16.6. The van der Waals surface area contributed by atoms with E-state index in [1.165, 1.54) is 0 Å². The van der Waals surface area contributed by atoms with Gasteiger partial charge in [-0.2, -0.15) is 0 Å². The van der Waals surface area contributed by atoms with Crippen LogP contribution in [0.2, 0.25) is 0 Å². The highest BCUT2D eigenvalue weighted by molar-refractivity contribution is 4.54. The van der Waals surface area contributed by atoms with E-state index in [4.69, 9.17) is 33.2 Å². The molecule has 0 aromatic heterocycles. The van der Waals surface area contributed by atoms with Crippen LogP contribution in [0.4, 0.5) is 0 Å². The molecule has 0 N–H and O–H groups in total. The summed E-state index contributed by atoms with van der Waals surface area (Å²) in [5.41, 5.74) is 0. The molecule has 0 aliphatic carbocycles. The van der Waals surface area contributed by atoms with E-state index in [2.05, 4.69) is 0 Å². The molecule has 0 heterocycles. The Balaban J connectivity index is 3.29. The number of ether oxygens (including phenoxy) is 7. The second kappa shape index (κ2) is 17.8. The lowest BCUT2D eigenvalue weighted by Gasteiger charge is -2.16. The maximum Gasteiger partial charge on any atom is 0.104 e. The Morgan fingerprint density at radius 3 is 1.29 bits per heavy atom. The summed E-state index contributed by atoms with van der Waals surface area (Å²) in [5.74, 6) is 0. The van der Waals surface area contributed by atoms with Crippen LogP contribution < -0.4 is 0 Å². The summed E-state index contributed by atoms with van der Waals surface area (Å²) >= 11 is 0. The van der Waals surface area contributed by atoms with Crippen molar-refractivity contribution in [3.63, 3.8) is 0 Å². The zero-order valence-corrected chi connectivity index (χ0v) is 13.5. The van der Waals surface area contributed by atoms with Crippen molar-refractivity contribution in [1.29, 1.82) is 0 Å². The molecule has 0 unspecified atom stereocenters. The quantitative estimate of drug-likeness (QED) is 0.359. The minimum atomic E-state index is -0.0806. The molecule has 0 aliphatic heterocycles. The smallest absolute Gasteiger partial charge is 0.104 e. The highest BCUT2D eigenvalue weighted by Crippen LogP contribution is 1.94. The zero-order chi connectivity index (χ0) is 15.6. The molecule has 0 aromatic carbocycles. The van der Waals surface area contributed by atoms with Crippen LogP contribution in [0.5, 0.6) is 0 Å². The second-order valence-corrected chi connectivity index (χ2v) is 4.22. The Kier molecular flexibility index (Phi) is 17.5. The van der Waals surface area contributed by atoms with Crippen LogP contribution in [0.3, 0.4) is 0 Å². The number of hydrogen-bond acceptors (Lipinski definition) is 7. The van der Waals surface area contributed by atoms with Crippen molar-refractivity contribution in [3.8, 4) is 0 Å². The summed E-state index contributed by atoms with van der Waals surface area (Å²) in [6.45, 7) is 5.49. The molecule has 0 saturated heterocycles. The minimum Gasteiger partial charge on any atom is -0.382 e. The maximum absolute atomic E-state index is 5.46. The van der Waals surface area contributed by atoms with Crippen molar-refractivity contribution in [2.45, 2.75) is 6.10 Å². The summed E-state index contributed by atoms with van der Waals surface area (Å²) in [5, 5.41) is 0. The fourth-order valence-corrected chi connectivity index (χ4v) is 1.34. The van der Waals surface area contributed by atoms with E-state index < -0.39 is 0 Å². The maximum atomic E-state index is 5.46. The van der Waals surface area contributed by atoms with E-state index in [1.807, 2.05) is 0 Å². The first-order chi connectivity index (χ1) is 10.3. The van der Waals surface area contributed by atoms with Gasteiger partial charge in [0.25, 0.3) is 0 Å². The van der Waals surface area contributed by atoms with Gasteiger partial charge in [0.1, 0.15) is 6.10 Å². The molecule has 0 amide bonds. The molecule has 0 rings (SSSR count). The minimum absolute atomic E-state index is 0.0806. The Labute approximate surface area is 127 Å². The summed E-state index contributed by atoms with van der Waals surface area (Å²) < 4.78 is 36.5. The van der Waals surface area contributed by atoms with E-state index in [9.17, 15) is 0 Å². The van der Waals surface area contributed by atoms with Gasteiger partial charge in [0.2, 0.25) is 0 Å². The van der Waals surface area contributed by atoms with Gasteiger partial charge >= 0.3 is 0 Å². The zero-order valence-electron chi connectivity index (χ0n) is 13.5. The summed E-state index contributed by atoms with van der Waals surface area (Å²) in [4.78, 5) is 0. The van der Waals surface area contributed by atoms with Gasteiger partial charge in [-0.05, 0) is 0 Å². The predicted octanol–water partition coefficient (Wildman–Crippen LogP) is 0.361. The van der Waals surface area contributed by atoms with Crippen molar-refractivity contribution in [2.75, 3.05) is 87.4 Å². The number of hydrogen-bond donors (Lipinski definition) is 0. The van der Waals surface area contributed by atoms with E-state index in [0.29, 0.717) is 66.1 Å².